The van der Waals surface area contributed by atoms with Crippen molar-refractivity contribution in [2.24, 2.45) is 11.8 Å². The van der Waals surface area contributed by atoms with E-state index >= 15 is 0 Å². The highest BCUT2D eigenvalue weighted by Gasteiger charge is 2.24. The number of amides is 1. The molecule has 1 aliphatic rings. The van der Waals surface area contributed by atoms with E-state index in [9.17, 15) is 9.90 Å². The van der Waals surface area contributed by atoms with Gasteiger partial charge in [0.2, 0.25) is 0 Å². The van der Waals surface area contributed by atoms with E-state index in [1.807, 2.05) is 0 Å². The lowest BCUT2D eigenvalue weighted by atomic mass is 9.80. The van der Waals surface area contributed by atoms with Crippen LogP contribution >= 0.6 is 0 Å². The van der Waals surface area contributed by atoms with Gasteiger partial charge in [-0.2, -0.15) is 0 Å². The zero-order valence-electron chi connectivity index (χ0n) is 9.88. The fourth-order valence-electron chi connectivity index (χ4n) is 2.48. The fraction of sp³-hybridized carbons (Fsp3) is 0.667. The zero-order chi connectivity index (χ0) is 12.1. The molecule has 1 saturated carbocycles. The lowest BCUT2D eigenvalue weighted by Crippen LogP contribution is -2.37. The van der Waals surface area contributed by atoms with E-state index in [2.05, 4.69) is 10.3 Å². The predicted octanol–water partition coefficient (Wildman–Crippen LogP) is 1.24. The first-order valence-corrected chi connectivity index (χ1v) is 6.18. The number of nitrogens with zero attached hydrogens (tertiary/aromatic N) is 2. The van der Waals surface area contributed by atoms with Gasteiger partial charge in [0.15, 0.2) is 0 Å². The maximum atomic E-state index is 11.7. The lowest BCUT2D eigenvalue weighted by Gasteiger charge is -2.30. The second-order valence-electron chi connectivity index (χ2n) is 4.64. The molecule has 0 aromatic carbocycles. The second-order valence-corrected chi connectivity index (χ2v) is 4.64. The Morgan fingerprint density at radius 2 is 2.18 bits per heavy atom. The number of hydrogen-bond donors (Lipinski definition) is 2. The van der Waals surface area contributed by atoms with E-state index < -0.39 is 0 Å². The third-order valence-corrected chi connectivity index (χ3v) is 3.56. The lowest BCUT2D eigenvalue weighted by molar-refractivity contribution is 0.134. The van der Waals surface area contributed by atoms with Crippen LogP contribution in [0, 0.1) is 11.8 Å². The molecule has 1 amide bonds. The molecule has 2 N–H and O–H groups in total. The van der Waals surface area contributed by atoms with Crippen LogP contribution in [0.2, 0.25) is 0 Å². The maximum absolute atomic E-state index is 11.7. The van der Waals surface area contributed by atoms with Crippen molar-refractivity contribution in [3.63, 3.8) is 0 Å². The van der Waals surface area contributed by atoms with Crippen molar-refractivity contribution < 1.29 is 9.90 Å². The standard InChI is InChI=1S/C12H19N3O2/c16-8-11-4-2-1-3-10(11)7-14-12(17)15-6-5-13-9-15/h5-6,9-11,16H,1-4,7-8H2,(H,14,17). The Morgan fingerprint density at radius 3 is 2.82 bits per heavy atom. The minimum atomic E-state index is -0.148. The largest absolute Gasteiger partial charge is 0.396 e. The normalized spacial score (nSPS) is 24.5. The van der Waals surface area contributed by atoms with Crippen molar-refractivity contribution in [2.45, 2.75) is 25.7 Å². The predicted molar refractivity (Wildman–Crippen MR) is 63.6 cm³/mol. The Labute approximate surface area is 101 Å². The Bertz CT molecular complexity index is 351. The minimum absolute atomic E-state index is 0.148. The van der Waals surface area contributed by atoms with E-state index in [0.717, 1.165) is 12.8 Å². The van der Waals surface area contributed by atoms with Gasteiger partial charge in [0.05, 0.1) is 0 Å². The van der Waals surface area contributed by atoms with Gasteiger partial charge in [-0.3, -0.25) is 4.57 Å². The minimum Gasteiger partial charge on any atom is -0.396 e. The van der Waals surface area contributed by atoms with Crippen molar-refractivity contribution in [3.8, 4) is 0 Å². The van der Waals surface area contributed by atoms with Crippen molar-refractivity contribution in [1.29, 1.82) is 0 Å². The molecule has 2 atom stereocenters. The topological polar surface area (TPSA) is 67.2 Å². The summed E-state index contributed by atoms with van der Waals surface area (Å²) < 4.78 is 1.43. The summed E-state index contributed by atoms with van der Waals surface area (Å²) in [6.45, 7) is 0.869. The summed E-state index contributed by atoms with van der Waals surface area (Å²) in [5.41, 5.74) is 0. The van der Waals surface area contributed by atoms with Gasteiger partial charge < -0.3 is 10.4 Å². The van der Waals surface area contributed by atoms with Crippen LogP contribution in [0.3, 0.4) is 0 Å². The summed E-state index contributed by atoms with van der Waals surface area (Å²) in [5, 5.41) is 12.2. The average molecular weight is 237 g/mol. The summed E-state index contributed by atoms with van der Waals surface area (Å²) in [5.74, 6) is 0.744. The van der Waals surface area contributed by atoms with Crippen LogP contribution in [-0.4, -0.2) is 33.8 Å². The number of aliphatic hydroxyl groups is 1. The Kier molecular flexibility index (Phi) is 4.14. The molecule has 2 rings (SSSR count). The molecule has 1 fully saturated rings. The monoisotopic (exact) mass is 237 g/mol. The van der Waals surface area contributed by atoms with E-state index in [1.165, 1.54) is 23.7 Å². The first kappa shape index (κ1) is 12.1. The summed E-state index contributed by atoms with van der Waals surface area (Å²) in [7, 11) is 0. The Balaban J connectivity index is 1.82. The SMILES string of the molecule is O=C(NCC1CCCCC1CO)n1ccnc1. The van der Waals surface area contributed by atoms with Gasteiger partial charge in [-0.1, -0.05) is 12.8 Å². The average Bonchev–Trinajstić information content (AvgIpc) is 2.90. The third kappa shape index (κ3) is 3.06. The van der Waals surface area contributed by atoms with E-state index in [4.69, 9.17) is 0 Å². The molecule has 0 spiro atoms. The molecule has 0 radical (unpaired) electrons. The molecule has 94 valence electrons. The molecule has 5 nitrogen and oxygen atoms in total. The molecule has 1 aromatic heterocycles. The molecule has 1 heterocycles. The van der Waals surface area contributed by atoms with Crippen molar-refractivity contribution in [1.82, 2.24) is 14.9 Å². The molecular weight excluding hydrogens is 218 g/mol. The van der Waals surface area contributed by atoms with Gasteiger partial charge in [-0.25, -0.2) is 9.78 Å². The summed E-state index contributed by atoms with van der Waals surface area (Å²) >= 11 is 0. The van der Waals surface area contributed by atoms with Crippen LogP contribution in [0.1, 0.15) is 25.7 Å². The molecule has 2 unspecified atom stereocenters. The van der Waals surface area contributed by atoms with Crippen molar-refractivity contribution in [2.75, 3.05) is 13.2 Å². The first-order chi connectivity index (χ1) is 8.31. The van der Waals surface area contributed by atoms with Gasteiger partial charge in [0, 0.05) is 25.5 Å². The van der Waals surface area contributed by atoms with Gasteiger partial charge in [-0.15, -0.1) is 0 Å². The highest BCUT2D eigenvalue weighted by Crippen LogP contribution is 2.28. The number of imidazole rings is 1. The summed E-state index contributed by atoms with van der Waals surface area (Å²) in [6.07, 6.45) is 9.24. The zero-order valence-corrected chi connectivity index (χ0v) is 9.88. The number of hydrogen-bond acceptors (Lipinski definition) is 3. The van der Waals surface area contributed by atoms with Crippen LogP contribution < -0.4 is 5.32 Å². The molecule has 0 bridgehead atoms. The van der Waals surface area contributed by atoms with E-state index in [-0.39, 0.29) is 12.6 Å². The Hall–Kier alpha value is -1.36. The molecule has 1 aliphatic carbocycles. The quantitative estimate of drug-likeness (QED) is 0.831. The smallest absolute Gasteiger partial charge is 0.326 e. The highest BCUT2D eigenvalue weighted by atomic mass is 16.3. The molecular formula is C12H19N3O2. The molecule has 5 heteroatoms. The highest BCUT2D eigenvalue weighted by molar-refractivity contribution is 5.76. The van der Waals surface area contributed by atoms with Gasteiger partial charge in [-0.05, 0) is 24.7 Å². The summed E-state index contributed by atoms with van der Waals surface area (Å²) in [6, 6.07) is -0.148. The second kappa shape index (κ2) is 5.82. The number of nitrogens with one attached hydrogen (secondary N) is 1. The Morgan fingerprint density at radius 1 is 1.41 bits per heavy atom. The fourth-order valence-corrected chi connectivity index (χ4v) is 2.48. The number of rotatable bonds is 3. The molecule has 1 aromatic rings. The van der Waals surface area contributed by atoms with E-state index in [1.54, 1.807) is 12.4 Å². The van der Waals surface area contributed by atoms with Crippen LogP contribution in [0.4, 0.5) is 4.79 Å². The van der Waals surface area contributed by atoms with E-state index in [0.29, 0.717) is 18.4 Å². The molecule has 0 saturated heterocycles. The van der Waals surface area contributed by atoms with Crippen LogP contribution in [0.25, 0.3) is 0 Å². The maximum Gasteiger partial charge on any atom is 0.326 e. The summed E-state index contributed by atoms with van der Waals surface area (Å²) in [4.78, 5) is 15.5. The number of carbonyl (C=O) groups excluding carboxylic acids is 1. The van der Waals surface area contributed by atoms with Crippen molar-refractivity contribution >= 4 is 6.03 Å². The van der Waals surface area contributed by atoms with Crippen LogP contribution in [0.15, 0.2) is 18.7 Å². The number of aromatic nitrogens is 2. The van der Waals surface area contributed by atoms with Crippen LogP contribution in [0.5, 0.6) is 0 Å². The third-order valence-electron chi connectivity index (χ3n) is 3.56. The molecule has 17 heavy (non-hydrogen) atoms. The van der Waals surface area contributed by atoms with Gasteiger partial charge >= 0.3 is 6.03 Å². The number of carbonyl (C=O) groups is 1. The number of aliphatic hydroxyl groups excluding tert-OH is 1. The first-order valence-electron chi connectivity index (χ1n) is 6.18. The van der Waals surface area contributed by atoms with Crippen LogP contribution in [-0.2, 0) is 0 Å². The van der Waals surface area contributed by atoms with Crippen molar-refractivity contribution in [3.05, 3.63) is 18.7 Å². The van der Waals surface area contributed by atoms with Gasteiger partial charge in [0.1, 0.15) is 6.33 Å². The van der Waals surface area contributed by atoms with Gasteiger partial charge in [0.25, 0.3) is 0 Å². The molecule has 0 aliphatic heterocycles.